The van der Waals surface area contributed by atoms with Crippen molar-refractivity contribution in [3.05, 3.63) is 36.4 Å². The highest BCUT2D eigenvalue weighted by atomic mass is 16.5. The number of methoxy groups -OCH3 is 2. The summed E-state index contributed by atoms with van der Waals surface area (Å²) in [5, 5.41) is 3.48. The van der Waals surface area contributed by atoms with E-state index in [4.69, 9.17) is 9.47 Å². The van der Waals surface area contributed by atoms with Crippen molar-refractivity contribution in [3.63, 3.8) is 0 Å². The first kappa shape index (κ1) is 14.6. The Morgan fingerprint density at radius 3 is 2.72 bits per heavy atom. The number of benzene rings is 1. The van der Waals surface area contributed by atoms with Gasteiger partial charge in [0.2, 0.25) is 0 Å². The van der Waals surface area contributed by atoms with Gasteiger partial charge < -0.3 is 14.8 Å². The average Bonchev–Trinajstić information content (AvgIpc) is 2.42. The van der Waals surface area contributed by atoms with E-state index in [2.05, 4.69) is 18.8 Å². The zero-order valence-electron chi connectivity index (χ0n) is 11.5. The molecule has 1 N–H and O–H groups in total. The number of hydrogen-bond donors (Lipinski definition) is 1. The Morgan fingerprint density at radius 2 is 2.11 bits per heavy atom. The molecular weight excluding hydrogens is 226 g/mol. The summed E-state index contributed by atoms with van der Waals surface area (Å²) in [6.45, 7) is 6.71. The van der Waals surface area contributed by atoms with Crippen molar-refractivity contribution < 1.29 is 9.47 Å². The minimum atomic E-state index is 0.467. The van der Waals surface area contributed by atoms with E-state index in [-0.39, 0.29) is 0 Å². The molecule has 0 spiro atoms. The summed E-state index contributed by atoms with van der Waals surface area (Å²) < 4.78 is 10.5. The third-order valence-corrected chi connectivity index (χ3v) is 2.94. The van der Waals surface area contributed by atoms with Gasteiger partial charge in [-0.25, -0.2) is 0 Å². The van der Waals surface area contributed by atoms with Gasteiger partial charge in [0.15, 0.2) is 0 Å². The number of allylic oxidation sites excluding steroid dienone is 1. The highest BCUT2D eigenvalue weighted by Gasteiger charge is 2.06. The highest BCUT2D eigenvalue weighted by molar-refractivity contribution is 5.40. The lowest BCUT2D eigenvalue weighted by molar-refractivity contribution is 0.388. The molecule has 0 saturated carbocycles. The summed E-state index contributed by atoms with van der Waals surface area (Å²) in [6, 6.07) is 6.36. The van der Waals surface area contributed by atoms with Gasteiger partial charge in [0.1, 0.15) is 11.5 Å². The molecule has 1 aromatic rings. The van der Waals surface area contributed by atoms with Gasteiger partial charge in [-0.2, -0.15) is 0 Å². The second-order valence-corrected chi connectivity index (χ2v) is 4.33. The number of ether oxygens (including phenoxy) is 2. The average molecular weight is 249 g/mol. The van der Waals surface area contributed by atoms with Crippen LogP contribution < -0.4 is 14.8 Å². The molecule has 3 nitrogen and oxygen atoms in total. The first-order valence-corrected chi connectivity index (χ1v) is 6.26. The van der Waals surface area contributed by atoms with Crippen LogP contribution in [0.3, 0.4) is 0 Å². The van der Waals surface area contributed by atoms with Crippen LogP contribution in [0.2, 0.25) is 0 Å². The van der Waals surface area contributed by atoms with Crippen LogP contribution in [0.4, 0.5) is 0 Å². The van der Waals surface area contributed by atoms with E-state index < -0.39 is 0 Å². The zero-order valence-corrected chi connectivity index (χ0v) is 11.5. The maximum atomic E-state index is 5.37. The third kappa shape index (κ3) is 4.41. The number of rotatable bonds is 8. The van der Waals surface area contributed by atoms with Gasteiger partial charge in [-0.1, -0.05) is 12.1 Å². The molecule has 1 atom stereocenters. The third-order valence-electron chi connectivity index (χ3n) is 2.94. The second kappa shape index (κ2) is 7.77. The van der Waals surface area contributed by atoms with E-state index >= 15 is 0 Å². The van der Waals surface area contributed by atoms with Crippen molar-refractivity contribution in [2.45, 2.75) is 32.4 Å². The standard InChI is InChI=1S/C15H23NO2/c1-5-6-7-12(2)16-11-13-8-9-14(17-3)10-15(13)18-4/h5,8-10,12,16H,1,6-7,11H2,2-4H3. The summed E-state index contributed by atoms with van der Waals surface area (Å²) in [4.78, 5) is 0. The van der Waals surface area contributed by atoms with Gasteiger partial charge in [-0.15, -0.1) is 6.58 Å². The highest BCUT2D eigenvalue weighted by Crippen LogP contribution is 2.24. The minimum Gasteiger partial charge on any atom is -0.497 e. The Kier molecular flexibility index (Phi) is 6.29. The topological polar surface area (TPSA) is 30.5 Å². The van der Waals surface area contributed by atoms with E-state index in [0.717, 1.165) is 36.4 Å². The zero-order chi connectivity index (χ0) is 13.4. The Morgan fingerprint density at radius 1 is 1.33 bits per heavy atom. The normalized spacial score (nSPS) is 11.9. The smallest absolute Gasteiger partial charge is 0.127 e. The van der Waals surface area contributed by atoms with Crippen LogP contribution in [0.25, 0.3) is 0 Å². The molecule has 0 bridgehead atoms. The first-order chi connectivity index (χ1) is 8.71. The van der Waals surface area contributed by atoms with Crippen LogP contribution in [-0.4, -0.2) is 20.3 Å². The van der Waals surface area contributed by atoms with Crippen molar-refractivity contribution in [2.75, 3.05) is 14.2 Å². The van der Waals surface area contributed by atoms with Crippen LogP contribution in [0, 0.1) is 0 Å². The van der Waals surface area contributed by atoms with Gasteiger partial charge in [-0.05, 0) is 25.8 Å². The summed E-state index contributed by atoms with van der Waals surface area (Å²) in [7, 11) is 3.34. The molecular formula is C15H23NO2. The number of nitrogens with one attached hydrogen (secondary N) is 1. The van der Waals surface area contributed by atoms with Gasteiger partial charge >= 0.3 is 0 Å². The molecule has 1 unspecified atom stereocenters. The molecule has 0 aliphatic carbocycles. The molecule has 18 heavy (non-hydrogen) atoms. The summed E-state index contributed by atoms with van der Waals surface area (Å²) in [6.07, 6.45) is 4.09. The van der Waals surface area contributed by atoms with Crippen LogP contribution in [-0.2, 0) is 6.54 Å². The Bertz CT molecular complexity index is 377. The van der Waals surface area contributed by atoms with Crippen molar-refractivity contribution in [3.8, 4) is 11.5 Å². The van der Waals surface area contributed by atoms with Gasteiger partial charge in [0.25, 0.3) is 0 Å². The summed E-state index contributed by atoms with van der Waals surface area (Å²) >= 11 is 0. The van der Waals surface area contributed by atoms with Crippen molar-refractivity contribution >= 4 is 0 Å². The molecule has 1 aromatic carbocycles. The monoisotopic (exact) mass is 249 g/mol. The lowest BCUT2D eigenvalue weighted by Crippen LogP contribution is -2.25. The molecule has 0 saturated heterocycles. The lowest BCUT2D eigenvalue weighted by atomic mass is 10.1. The van der Waals surface area contributed by atoms with Crippen molar-refractivity contribution in [1.82, 2.24) is 5.32 Å². The summed E-state index contributed by atoms with van der Waals surface area (Å²) in [5.74, 6) is 1.67. The van der Waals surface area contributed by atoms with Crippen molar-refractivity contribution in [2.24, 2.45) is 0 Å². The molecule has 1 rings (SSSR count). The largest absolute Gasteiger partial charge is 0.497 e. The molecule has 0 aliphatic rings. The SMILES string of the molecule is C=CCCC(C)NCc1ccc(OC)cc1OC. The second-order valence-electron chi connectivity index (χ2n) is 4.33. The van der Waals surface area contributed by atoms with Gasteiger partial charge in [-0.3, -0.25) is 0 Å². The van der Waals surface area contributed by atoms with E-state index in [1.165, 1.54) is 0 Å². The molecule has 0 fully saturated rings. The van der Waals surface area contributed by atoms with Crippen LogP contribution in [0.15, 0.2) is 30.9 Å². The molecule has 100 valence electrons. The molecule has 0 radical (unpaired) electrons. The fourth-order valence-electron chi connectivity index (χ4n) is 1.75. The Labute approximate surface area is 110 Å². The van der Waals surface area contributed by atoms with Gasteiger partial charge in [0, 0.05) is 24.2 Å². The van der Waals surface area contributed by atoms with Crippen LogP contribution >= 0.6 is 0 Å². The van der Waals surface area contributed by atoms with E-state index in [9.17, 15) is 0 Å². The fraction of sp³-hybridized carbons (Fsp3) is 0.467. The lowest BCUT2D eigenvalue weighted by Gasteiger charge is -2.15. The molecule has 3 heteroatoms. The Hall–Kier alpha value is -1.48. The maximum Gasteiger partial charge on any atom is 0.127 e. The fourth-order valence-corrected chi connectivity index (χ4v) is 1.75. The van der Waals surface area contributed by atoms with Gasteiger partial charge in [0.05, 0.1) is 14.2 Å². The van der Waals surface area contributed by atoms with Crippen molar-refractivity contribution in [1.29, 1.82) is 0 Å². The number of hydrogen-bond acceptors (Lipinski definition) is 3. The quantitative estimate of drug-likeness (QED) is 0.718. The van der Waals surface area contributed by atoms with E-state index in [1.54, 1.807) is 14.2 Å². The van der Waals surface area contributed by atoms with Crippen LogP contribution in [0.1, 0.15) is 25.3 Å². The Balaban J connectivity index is 2.58. The molecule has 0 amide bonds. The van der Waals surface area contributed by atoms with E-state index in [0.29, 0.717) is 6.04 Å². The first-order valence-electron chi connectivity index (χ1n) is 6.26. The van der Waals surface area contributed by atoms with Crippen LogP contribution in [0.5, 0.6) is 11.5 Å². The minimum absolute atomic E-state index is 0.467. The molecule has 0 aromatic heterocycles. The maximum absolute atomic E-state index is 5.37. The predicted molar refractivity (Wildman–Crippen MR) is 75.3 cm³/mol. The molecule has 0 heterocycles. The predicted octanol–water partition coefficient (Wildman–Crippen LogP) is 3.15. The summed E-state index contributed by atoms with van der Waals surface area (Å²) in [5.41, 5.74) is 1.14. The van der Waals surface area contributed by atoms with E-state index in [1.807, 2.05) is 24.3 Å². The molecule has 0 aliphatic heterocycles.